The fourth-order valence-corrected chi connectivity index (χ4v) is 2.57. The Balaban J connectivity index is 2.08. The molecule has 112 valence electrons. The fourth-order valence-electron chi connectivity index (χ4n) is 2.57. The van der Waals surface area contributed by atoms with Crippen molar-refractivity contribution in [2.24, 2.45) is 0 Å². The number of nitrogens with zero attached hydrogens (tertiary/aromatic N) is 3. The molecule has 0 aliphatic rings. The molecule has 0 saturated heterocycles. The second-order valence-corrected chi connectivity index (χ2v) is 5.73. The topological polar surface area (TPSA) is 30.7 Å². The zero-order valence-electron chi connectivity index (χ0n) is 13.4. The molecule has 0 unspecified atom stereocenters. The van der Waals surface area contributed by atoms with Crippen LogP contribution in [0.25, 0.3) is 22.8 Å². The average molecular weight is 291 g/mol. The van der Waals surface area contributed by atoms with E-state index < -0.39 is 0 Å². The quantitative estimate of drug-likeness (QED) is 0.701. The molecule has 0 bridgehead atoms. The van der Waals surface area contributed by atoms with Gasteiger partial charge < -0.3 is 4.57 Å². The molecule has 2 aromatic carbocycles. The van der Waals surface area contributed by atoms with Crippen LogP contribution in [0.3, 0.4) is 0 Å². The molecule has 3 heteroatoms. The first-order valence-electron chi connectivity index (χ1n) is 7.76. The standard InChI is InChI=1S/C19H21N3/c1-4-13-22-18(16-9-5-14(2)6-10-16)20-21-19(22)17-11-7-15(3)8-12-17/h5-12H,4,13H2,1-3H3. The van der Waals surface area contributed by atoms with Crippen molar-refractivity contribution >= 4 is 0 Å². The largest absolute Gasteiger partial charge is 0.307 e. The van der Waals surface area contributed by atoms with E-state index in [1.807, 2.05) is 0 Å². The summed E-state index contributed by atoms with van der Waals surface area (Å²) in [4.78, 5) is 0. The molecule has 0 aliphatic heterocycles. The van der Waals surface area contributed by atoms with Gasteiger partial charge in [0, 0.05) is 17.7 Å². The Bertz CT molecular complexity index is 689. The van der Waals surface area contributed by atoms with Gasteiger partial charge in [-0.15, -0.1) is 10.2 Å². The molecular formula is C19H21N3. The molecule has 0 aliphatic carbocycles. The first-order chi connectivity index (χ1) is 10.7. The van der Waals surface area contributed by atoms with Crippen LogP contribution in [0.15, 0.2) is 48.5 Å². The molecule has 0 saturated carbocycles. The normalized spacial score (nSPS) is 10.9. The molecule has 3 aromatic rings. The van der Waals surface area contributed by atoms with Gasteiger partial charge >= 0.3 is 0 Å². The molecular weight excluding hydrogens is 270 g/mol. The van der Waals surface area contributed by atoms with Crippen LogP contribution in [0.2, 0.25) is 0 Å². The van der Waals surface area contributed by atoms with Crippen LogP contribution < -0.4 is 0 Å². The second kappa shape index (κ2) is 6.14. The number of aromatic nitrogens is 3. The third-order valence-corrected chi connectivity index (χ3v) is 3.82. The monoisotopic (exact) mass is 291 g/mol. The molecule has 0 radical (unpaired) electrons. The van der Waals surface area contributed by atoms with E-state index in [2.05, 4.69) is 84.1 Å². The van der Waals surface area contributed by atoms with Gasteiger partial charge in [0.05, 0.1) is 0 Å². The molecule has 22 heavy (non-hydrogen) atoms. The fraction of sp³-hybridized carbons (Fsp3) is 0.263. The van der Waals surface area contributed by atoms with Gasteiger partial charge in [-0.05, 0) is 20.3 Å². The van der Waals surface area contributed by atoms with E-state index in [4.69, 9.17) is 0 Å². The van der Waals surface area contributed by atoms with Gasteiger partial charge in [-0.25, -0.2) is 0 Å². The van der Waals surface area contributed by atoms with E-state index >= 15 is 0 Å². The summed E-state index contributed by atoms with van der Waals surface area (Å²) >= 11 is 0. The van der Waals surface area contributed by atoms with Gasteiger partial charge in [-0.3, -0.25) is 0 Å². The summed E-state index contributed by atoms with van der Waals surface area (Å²) in [6.07, 6.45) is 1.05. The van der Waals surface area contributed by atoms with Crippen LogP contribution in [0.5, 0.6) is 0 Å². The molecule has 3 nitrogen and oxygen atoms in total. The van der Waals surface area contributed by atoms with Crippen molar-refractivity contribution in [3.8, 4) is 22.8 Å². The summed E-state index contributed by atoms with van der Waals surface area (Å²) in [5.41, 5.74) is 4.74. The molecule has 0 amide bonds. The lowest BCUT2D eigenvalue weighted by molar-refractivity contribution is 0.689. The lowest BCUT2D eigenvalue weighted by atomic mass is 10.1. The van der Waals surface area contributed by atoms with Gasteiger partial charge in [0.25, 0.3) is 0 Å². The lowest BCUT2D eigenvalue weighted by Crippen LogP contribution is -2.02. The molecule has 0 atom stereocenters. The van der Waals surface area contributed by atoms with Gasteiger partial charge in [0.15, 0.2) is 11.6 Å². The average Bonchev–Trinajstić information content (AvgIpc) is 2.93. The molecule has 1 aromatic heterocycles. The highest BCUT2D eigenvalue weighted by Crippen LogP contribution is 2.25. The Morgan fingerprint density at radius 1 is 0.727 bits per heavy atom. The zero-order valence-corrected chi connectivity index (χ0v) is 13.4. The van der Waals surface area contributed by atoms with Crippen molar-refractivity contribution in [1.82, 2.24) is 14.8 Å². The highest BCUT2D eigenvalue weighted by Gasteiger charge is 2.14. The van der Waals surface area contributed by atoms with Gasteiger partial charge in [-0.2, -0.15) is 0 Å². The minimum Gasteiger partial charge on any atom is -0.307 e. The predicted molar refractivity (Wildman–Crippen MR) is 90.7 cm³/mol. The Kier molecular flexibility index (Phi) is 4.05. The van der Waals surface area contributed by atoms with E-state index in [1.54, 1.807) is 0 Å². The van der Waals surface area contributed by atoms with Crippen molar-refractivity contribution in [3.05, 3.63) is 59.7 Å². The van der Waals surface area contributed by atoms with Crippen LogP contribution in [-0.2, 0) is 6.54 Å². The number of rotatable bonds is 4. The second-order valence-electron chi connectivity index (χ2n) is 5.73. The summed E-state index contributed by atoms with van der Waals surface area (Å²) in [6, 6.07) is 16.9. The zero-order chi connectivity index (χ0) is 15.5. The van der Waals surface area contributed by atoms with Gasteiger partial charge in [0.2, 0.25) is 0 Å². The smallest absolute Gasteiger partial charge is 0.164 e. The van der Waals surface area contributed by atoms with Crippen molar-refractivity contribution < 1.29 is 0 Å². The van der Waals surface area contributed by atoms with Gasteiger partial charge in [0.1, 0.15) is 0 Å². The highest BCUT2D eigenvalue weighted by molar-refractivity contribution is 5.63. The van der Waals surface area contributed by atoms with Crippen LogP contribution in [0.4, 0.5) is 0 Å². The number of benzene rings is 2. The van der Waals surface area contributed by atoms with Crippen molar-refractivity contribution in [3.63, 3.8) is 0 Å². The van der Waals surface area contributed by atoms with Crippen molar-refractivity contribution in [1.29, 1.82) is 0 Å². The first-order valence-corrected chi connectivity index (χ1v) is 7.76. The predicted octanol–water partition coefficient (Wildman–Crippen LogP) is 4.64. The Morgan fingerprint density at radius 3 is 1.50 bits per heavy atom. The molecule has 0 spiro atoms. The first kappa shape index (κ1) is 14.5. The summed E-state index contributed by atoms with van der Waals surface area (Å²) in [5.74, 6) is 1.88. The molecule has 0 N–H and O–H groups in total. The molecule has 0 fully saturated rings. The summed E-state index contributed by atoms with van der Waals surface area (Å²) in [6.45, 7) is 7.29. The number of aryl methyl sites for hydroxylation is 2. The van der Waals surface area contributed by atoms with E-state index in [9.17, 15) is 0 Å². The summed E-state index contributed by atoms with van der Waals surface area (Å²) < 4.78 is 2.22. The highest BCUT2D eigenvalue weighted by atomic mass is 15.3. The van der Waals surface area contributed by atoms with E-state index in [-0.39, 0.29) is 0 Å². The maximum absolute atomic E-state index is 4.45. The van der Waals surface area contributed by atoms with E-state index in [0.717, 1.165) is 35.7 Å². The third-order valence-electron chi connectivity index (χ3n) is 3.82. The number of hydrogen-bond donors (Lipinski definition) is 0. The molecule has 3 rings (SSSR count). The summed E-state index contributed by atoms with van der Waals surface area (Å²) in [7, 11) is 0. The SMILES string of the molecule is CCCn1c(-c2ccc(C)cc2)nnc1-c1ccc(C)cc1. The van der Waals surface area contributed by atoms with E-state index in [1.165, 1.54) is 11.1 Å². The van der Waals surface area contributed by atoms with Crippen LogP contribution in [0.1, 0.15) is 24.5 Å². The minimum atomic E-state index is 0.916. The van der Waals surface area contributed by atoms with Crippen LogP contribution >= 0.6 is 0 Å². The molecule has 1 heterocycles. The van der Waals surface area contributed by atoms with Gasteiger partial charge in [-0.1, -0.05) is 66.6 Å². The Morgan fingerprint density at radius 2 is 1.14 bits per heavy atom. The third kappa shape index (κ3) is 2.80. The van der Waals surface area contributed by atoms with Crippen molar-refractivity contribution in [2.75, 3.05) is 0 Å². The Hall–Kier alpha value is -2.42. The minimum absolute atomic E-state index is 0.916. The lowest BCUT2D eigenvalue weighted by Gasteiger charge is -2.09. The van der Waals surface area contributed by atoms with Crippen molar-refractivity contribution in [2.45, 2.75) is 33.7 Å². The maximum atomic E-state index is 4.45. The Labute approximate surface area is 131 Å². The maximum Gasteiger partial charge on any atom is 0.164 e. The van der Waals surface area contributed by atoms with Crippen LogP contribution in [-0.4, -0.2) is 14.8 Å². The van der Waals surface area contributed by atoms with Crippen LogP contribution in [0, 0.1) is 13.8 Å². The summed E-state index contributed by atoms with van der Waals surface area (Å²) in [5, 5.41) is 8.89. The van der Waals surface area contributed by atoms with E-state index in [0.29, 0.717) is 0 Å². The number of hydrogen-bond acceptors (Lipinski definition) is 2.